The quantitative estimate of drug-likeness (QED) is 0.0908. The van der Waals surface area contributed by atoms with Gasteiger partial charge in [-0.3, -0.25) is 9.59 Å². The second-order valence-corrected chi connectivity index (χ2v) is 9.31. The Morgan fingerprint density at radius 1 is 0.842 bits per heavy atom. The molecule has 0 fully saturated rings. The molecule has 0 aromatic heterocycles. The normalized spacial score (nSPS) is 10.8. The molecule has 0 bridgehead atoms. The highest BCUT2D eigenvalue weighted by Crippen LogP contribution is 2.28. The number of hydrazone groups is 1. The van der Waals surface area contributed by atoms with Crippen LogP contribution in [0.3, 0.4) is 0 Å². The van der Waals surface area contributed by atoms with E-state index in [4.69, 9.17) is 9.47 Å². The van der Waals surface area contributed by atoms with Crippen molar-refractivity contribution < 1.29 is 23.9 Å². The average molecular weight is 524 g/mol. The minimum absolute atomic E-state index is 0.132. The number of methoxy groups -OCH3 is 1. The summed E-state index contributed by atoms with van der Waals surface area (Å²) in [6.07, 6.45) is 12.6. The van der Waals surface area contributed by atoms with Gasteiger partial charge >= 0.3 is 5.97 Å². The minimum atomic E-state index is -0.489. The van der Waals surface area contributed by atoms with E-state index in [1.54, 1.807) is 30.3 Å². The van der Waals surface area contributed by atoms with E-state index in [1.165, 1.54) is 51.8 Å². The maximum Gasteiger partial charge on any atom is 0.343 e. The number of rotatable bonds is 17. The van der Waals surface area contributed by atoms with Gasteiger partial charge in [0.15, 0.2) is 11.5 Å². The second kappa shape index (κ2) is 17.7. The van der Waals surface area contributed by atoms with Crippen LogP contribution in [0.15, 0.2) is 47.6 Å². The molecular weight excluding hydrogens is 482 g/mol. The Morgan fingerprint density at radius 3 is 2.16 bits per heavy atom. The van der Waals surface area contributed by atoms with Crippen LogP contribution in [0.1, 0.15) is 92.6 Å². The fourth-order valence-electron chi connectivity index (χ4n) is 3.78. The lowest BCUT2D eigenvalue weighted by Gasteiger charge is -2.10. The summed E-state index contributed by atoms with van der Waals surface area (Å²) in [4.78, 5) is 36.3. The molecule has 0 aliphatic rings. The molecule has 0 heterocycles. The van der Waals surface area contributed by atoms with E-state index >= 15 is 0 Å². The van der Waals surface area contributed by atoms with Gasteiger partial charge in [0.25, 0.3) is 5.91 Å². The number of esters is 1. The number of hydrogen-bond donors (Lipinski definition) is 2. The lowest BCUT2D eigenvalue weighted by Crippen LogP contribution is -2.34. The summed E-state index contributed by atoms with van der Waals surface area (Å²) in [5.41, 5.74) is 4.51. The predicted octanol–water partition coefficient (Wildman–Crippen LogP) is 5.71. The maximum absolute atomic E-state index is 12.4. The third-order valence-corrected chi connectivity index (χ3v) is 6.03. The molecule has 2 amide bonds. The first kappa shape index (κ1) is 30.5. The zero-order valence-electron chi connectivity index (χ0n) is 22.9. The number of hydrogen-bond acceptors (Lipinski definition) is 6. The number of carbonyl (C=O) groups is 3. The summed E-state index contributed by atoms with van der Waals surface area (Å²) in [6, 6.07) is 12.0. The molecular formula is C30H41N3O5. The van der Waals surface area contributed by atoms with Gasteiger partial charge in [-0.05, 0) is 49.2 Å². The van der Waals surface area contributed by atoms with Gasteiger partial charge in [-0.15, -0.1) is 0 Å². The molecule has 0 atom stereocenters. The van der Waals surface area contributed by atoms with Crippen molar-refractivity contribution >= 4 is 24.0 Å². The molecule has 0 spiro atoms. The van der Waals surface area contributed by atoms with E-state index < -0.39 is 11.9 Å². The van der Waals surface area contributed by atoms with Gasteiger partial charge in [0.2, 0.25) is 5.91 Å². The van der Waals surface area contributed by atoms with Crippen LogP contribution < -0.4 is 20.2 Å². The van der Waals surface area contributed by atoms with Crippen LogP contribution in [-0.2, 0) is 9.59 Å². The average Bonchev–Trinajstić information content (AvgIpc) is 2.92. The van der Waals surface area contributed by atoms with E-state index in [0.717, 1.165) is 24.8 Å². The lowest BCUT2D eigenvalue weighted by atomic mass is 10.1. The van der Waals surface area contributed by atoms with Crippen LogP contribution in [0.4, 0.5) is 0 Å². The fourth-order valence-corrected chi connectivity index (χ4v) is 3.78. The number of ether oxygens (including phenoxy) is 2. The molecule has 2 N–H and O–H groups in total. The van der Waals surface area contributed by atoms with Gasteiger partial charge in [-0.1, -0.05) is 76.0 Å². The zero-order valence-corrected chi connectivity index (χ0v) is 22.9. The Labute approximate surface area is 226 Å². The molecule has 8 heteroatoms. The molecule has 0 saturated carbocycles. The van der Waals surface area contributed by atoms with E-state index in [1.807, 2.05) is 19.1 Å². The van der Waals surface area contributed by atoms with E-state index in [2.05, 4.69) is 22.8 Å². The van der Waals surface area contributed by atoms with E-state index in [0.29, 0.717) is 23.3 Å². The van der Waals surface area contributed by atoms with Crippen molar-refractivity contribution in [3.05, 3.63) is 59.2 Å². The number of nitrogens with one attached hydrogen (secondary N) is 2. The fraction of sp³-hybridized carbons (Fsp3) is 0.467. The van der Waals surface area contributed by atoms with Crippen LogP contribution >= 0.6 is 0 Å². The number of carbonyl (C=O) groups excluding carboxylic acids is 3. The van der Waals surface area contributed by atoms with Gasteiger partial charge < -0.3 is 14.8 Å². The monoisotopic (exact) mass is 523 g/mol. The standard InChI is InChI=1S/C30H41N3O5/c1-4-5-6-7-8-9-10-11-12-13-28(34)31-22-29(35)33-32-21-24-16-19-26(27(20-24)37-3)38-30(36)25-17-14-23(2)15-18-25/h14-21H,4-13,22H2,1-3H3,(H,31,34)(H,33,35). The van der Waals surface area contributed by atoms with Crippen LogP contribution in [0.25, 0.3) is 0 Å². The number of benzene rings is 2. The highest BCUT2D eigenvalue weighted by Gasteiger charge is 2.13. The molecule has 0 saturated heterocycles. The van der Waals surface area contributed by atoms with Crippen molar-refractivity contribution in [1.82, 2.24) is 10.7 Å². The largest absolute Gasteiger partial charge is 0.493 e. The summed E-state index contributed by atoms with van der Waals surface area (Å²) in [5, 5.41) is 6.55. The first-order valence-electron chi connectivity index (χ1n) is 13.5. The van der Waals surface area contributed by atoms with Crippen molar-refractivity contribution in [2.75, 3.05) is 13.7 Å². The van der Waals surface area contributed by atoms with Gasteiger partial charge in [0.05, 0.1) is 25.4 Å². The smallest absolute Gasteiger partial charge is 0.343 e. The van der Waals surface area contributed by atoms with Gasteiger partial charge in [0.1, 0.15) is 0 Å². The van der Waals surface area contributed by atoms with Crippen molar-refractivity contribution in [3.63, 3.8) is 0 Å². The maximum atomic E-state index is 12.4. The van der Waals surface area contributed by atoms with Crippen LogP contribution in [0.5, 0.6) is 11.5 Å². The Kier molecular flexibility index (Phi) is 14.2. The minimum Gasteiger partial charge on any atom is -0.493 e. The Hall–Kier alpha value is -3.68. The van der Waals surface area contributed by atoms with Gasteiger partial charge in [-0.25, -0.2) is 10.2 Å². The number of unbranched alkanes of at least 4 members (excludes halogenated alkanes) is 8. The lowest BCUT2D eigenvalue weighted by molar-refractivity contribution is -0.126. The van der Waals surface area contributed by atoms with Gasteiger partial charge in [0, 0.05) is 6.42 Å². The summed E-state index contributed by atoms with van der Waals surface area (Å²) in [5.74, 6) is -0.417. The van der Waals surface area contributed by atoms with Crippen molar-refractivity contribution in [2.45, 2.75) is 78.1 Å². The molecule has 206 valence electrons. The first-order valence-corrected chi connectivity index (χ1v) is 13.5. The van der Waals surface area contributed by atoms with E-state index in [-0.39, 0.29) is 18.2 Å². The third-order valence-electron chi connectivity index (χ3n) is 6.03. The molecule has 0 unspecified atom stereocenters. The van der Waals surface area contributed by atoms with Crippen molar-refractivity contribution in [1.29, 1.82) is 0 Å². The van der Waals surface area contributed by atoms with Crippen LogP contribution in [-0.4, -0.2) is 37.7 Å². The number of amides is 2. The first-order chi connectivity index (χ1) is 18.4. The molecule has 8 nitrogen and oxygen atoms in total. The summed E-state index contributed by atoms with van der Waals surface area (Å²) >= 11 is 0. The highest BCUT2D eigenvalue weighted by molar-refractivity contribution is 5.92. The number of nitrogens with zero attached hydrogens (tertiary/aromatic N) is 1. The SMILES string of the molecule is CCCCCCCCCCCC(=O)NCC(=O)NN=Cc1ccc(OC(=O)c2ccc(C)cc2)c(OC)c1. The predicted molar refractivity (Wildman–Crippen MR) is 150 cm³/mol. The summed E-state index contributed by atoms with van der Waals surface area (Å²) in [6.45, 7) is 4.02. The molecule has 2 aromatic carbocycles. The molecule has 0 radical (unpaired) electrons. The molecule has 0 aliphatic heterocycles. The molecule has 38 heavy (non-hydrogen) atoms. The topological polar surface area (TPSA) is 106 Å². The molecule has 2 aromatic rings. The van der Waals surface area contributed by atoms with Crippen LogP contribution in [0.2, 0.25) is 0 Å². The Bertz CT molecular complexity index is 1050. The van der Waals surface area contributed by atoms with Gasteiger partial charge in [-0.2, -0.15) is 5.10 Å². The molecule has 0 aliphatic carbocycles. The zero-order chi connectivity index (χ0) is 27.6. The van der Waals surface area contributed by atoms with E-state index in [9.17, 15) is 14.4 Å². The molecule has 2 rings (SSSR count). The summed E-state index contributed by atoms with van der Waals surface area (Å²) < 4.78 is 10.8. The van der Waals surface area contributed by atoms with Crippen LogP contribution in [0, 0.1) is 6.92 Å². The highest BCUT2D eigenvalue weighted by atomic mass is 16.6. The Morgan fingerprint density at radius 2 is 1.50 bits per heavy atom. The second-order valence-electron chi connectivity index (χ2n) is 9.31. The van der Waals surface area contributed by atoms with Crippen molar-refractivity contribution in [2.24, 2.45) is 5.10 Å². The third kappa shape index (κ3) is 12.0. The number of aryl methyl sites for hydroxylation is 1. The Balaban J connectivity index is 1.68. The van der Waals surface area contributed by atoms with Crippen molar-refractivity contribution in [3.8, 4) is 11.5 Å². The summed E-state index contributed by atoms with van der Waals surface area (Å²) in [7, 11) is 1.47.